The predicted molar refractivity (Wildman–Crippen MR) is 153 cm³/mol. The van der Waals surface area contributed by atoms with E-state index < -0.39 is 16.1 Å². The molecule has 0 unspecified atom stereocenters. The van der Waals surface area contributed by atoms with Crippen molar-refractivity contribution >= 4 is 39.1 Å². The number of hydrogen-bond acceptors (Lipinski definition) is 4. The van der Waals surface area contributed by atoms with E-state index in [1.807, 2.05) is 55.5 Å². The van der Waals surface area contributed by atoms with E-state index in [-0.39, 0.29) is 37.7 Å². The second kappa shape index (κ2) is 13.4. The normalized spacial score (nSPS) is 12.0. The van der Waals surface area contributed by atoms with Gasteiger partial charge >= 0.3 is 0 Å². The number of carbonyl (C=O) groups is 2. The molecule has 0 aromatic heterocycles. The lowest BCUT2D eigenvalue weighted by atomic mass is 10.0. The standard InChI is InChI=1S/C29H34ClN3O4S/c1-22-11-7-8-16-26(22)33(38(3,36)37)18-10-17-28(34)32(21-24-14-9-15-25(30)19-24)27(29(35)31-2)20-23-12-5-4-6-13-23/h4-9,11-16,19,27H,10,17-18,20-21H2,1-3H3,(H,31,35)/t27-/m1/s1. The summed E-state index contributed by atoms with van der Waals surface area (Å²) in [5, 5.41) is 3.23. The minimum atomic E-state index is -3.56. The fourth-order valence-corrected chi connectivity index (χ4v) is 5.61. The fourth-order valence-electron chi connectivity index (χ4n) is 4.38. The first kappa shape index (κ1) is 29.2. The molecule has 0 aliphatic rings. The second-order valence-corrected chi connectivity index (χ2v) is 11.5. The van der Waals surface area contributed by atoms with Gasteiger partial charge in [0.2, 0.25) is 21.8 Å². The van der Waals surface area contributed by atoms with Crippen LogP contribution in [0.5, 0.6) is 0 Å². The minimum absolute atomic E-state index is 0.0702. The van der Waals surface area contributed by atoms with Crippen LogP contribution in [0.1, 0.15) is 29.5 Å². The maximum Gasteiger partial charge on any atom is 0.242 e. The van der Waals surface area contributed by atoms with Crippen LogP contribution >= 0.6 is 11.6 Å². The van der Waals surface area contributed by atoms with Gasteiger partial charge in [0.05, 0.1) is 11.9 Å². The lowest BCUT2D eigenvalue weighted by Gasteiger charge is -2.31. The van der Waals surface area contributed by atoms with Gasteiger partial charge in [-0.2, -0.15) is 0 Å². The first-order valence-electron chi connectivity index (χ1n) is 12.4. The molecule has 0 heterocycles. The average molecular weight is 556 g/mol. The van der Waals surface area contributed by atoms with Gasteiger partial charge in [-0.3, -0.25) is 13.9 Å². The van der Waals surface area contributed by atoms with Crippen LogP contribution in [0.4, 0.5) is 5.69 Å². The van der Waals surface area contributed by atoms with E-state index in [1.165, 1.54) is 4.31 Å². The maximum absolute atomic E-state index is 13.7. The first-order chi connectivity index (χ1) is 18.1. The van der Waals surface area contributed by atoms with Gasteiger partial charge < -0.3 is 10.2 Å². The number of rotatable bonds is 12. The van der Waals surface area contributed by atoms with Gasteiger partial charge in [0, 0.05) is 38.0 Å². The van der Waals surface area contributed by atoms with Gasteiger partial charge in [0.1, 0.15) is 6.04 Å². The van der Waals surface area contributed by atoms with E-state index in [4.69, 9.17) is 11.6 Å². The first-order valence-corrected chi connectivity index (χ1v) is 14.7. The Balaban J connectivity index is 1.85. The lowest BCUT2D eigenvalue weighted by Crippen LogP contribution is -2.49. The number of hydrogen-bond donors (Lipinski definition) is 1. The molecule has 0 saturated heterocycles. The summed E-state index contributed by atoms with van der Waals surface area (Å²) < 4.78 is 26.5. The molecule has 1 atom stereocenters. The number of halogens is 1. The van der Waals surface area contributed by atoms with E-state index >= 15 is 0 Å². The van der Waals surface area contributed by atoms with Crippen LogP contribution in [0, 0.1) is 6.92 Å². The van der Waals surface area contributed by atoms with Crippen molar-refractivity contribution in [2.24, 2.45) is 0 Å². The number of benzene rings is 3. The molecule has 3 aromatic carbocycles. The molecular weight excluding hydrogens is 522 g/mol. The summed E-state index contributed by atoms with van der Waals surface area (Å²) in [5.74, 6) is -0.519. The number of nitrogens with one attached hydrogen (secondary N) is 1. The number of likely N-dealkylation sites (N-methyl/N-ethyl adjacent to an activating group) is 1. The third-order valence-electron chi connectivity index (χ3n) is 6.30. The summed E-state index contributed by atoms with van der Waals surface area (Å²) in [5.41, 5.74) is 3.14. The molecule has 9 heteroatoms. The van der Waals surface area contributed by atoms with E-state index in [0.29, 0.717) is 17.1 Å². The highest BCUT2D eigenvalue weighted by atomic mass is 35.5. The highest BCUT2D eigenvalue weighted by molar-refractivity contribution is 7.92. The van der Waals surface area contributed by atoms with Crippen LogP contribution in [0.25, 0.3) is 0 Å². The molecular formula is C29H34ClN3O4S. The molecule has 0 fully saturated rings. The summed E-state index contributed by atoms with van der Waals surface area (Å²) in [6, 6.07) is 23.2. The molecule has 38 heavy (non-hydrogen) atoms. The van der Waals surface area contributed by atoms with Gasteiger partial charge in [-0.1, -0.05) is 72.3 Å². The molecule has 2 amide bonds. The van der Waals surface area contributed by atoms with E-state index in [1.54, 1.807) is 42.3 Å². The van der Waals surface area contributed by atoms with Crippen molar-refractivity contribution in [3.63, 3.8) is 0 Å². The van der Waals surface area contributed by atoms with Crippen LogP contribution in [0.2, 0.25) is 5.02 Å². The number of amides is 2. The largest absolute Gasteiger partial charge is 0.357 e. The van der Waals surface area contributed by atoms with Gasteiger partial charge in [0.25, 0.3) is 0 Å². The van der Waals surface area contributed by atoms with Crippen LogP contribution in [-0.4, -0.2) is 51.0 Å². The van der Waals surface area contributed by atoms with Gasteiger partial charge in [0.15, 0.2) is 0 Å². The second-order valence-electron chi connectivity index (χ2n) is 9.20. The maximum atomic E-state index is 13.7. The molecule has 0 aliphatic heterocycles. The predicted octanol–water partition coefficient (Wildman–Crippen LogP) is 4.58. The number of nitrogens with zero attached hydrogens (tertiary/aromatic N) is 2. The fraction of sp³-hybridized carbons (Fsp3) is 0.310. The Morgan fingerprint density at radius 1 is 0.947 bits per heavy atom. The van der Waals surface area contributed by atoms with E-state index in [9.17, 15) is 18.0 Å². The van der Waals surface area contributed by atoms with Gasteiger partial charge in [-0.05, 0) is 48.2 Å². The summed E-state index contributed by atoms with van der Waals surface area (Å²) in [4.78, 5) is 28.3. The molecule has 1 N–H and O–H groups in total. The Hall–Kier alpha value is -3.36. The zero-order valence-corrected chi connectivity index (χ0v) is 23.5. The SMILES string of the molecule is CNC(=O)[C@@H](Cc1ccccc1)N(Cc1cccc(Cl)c1)C(=O)CCCN(c1ccccc1C)S(C)(=O)=O. The number of carbonyl (C=O) groups excluding carboxylic acids is 2. The minimum Gasteiger partial charge on any atom is -0.357 e. The van der Waals surface area contributed by atoms with Gasteiger partial charge in [-0.25, -0.2) is 8.42 Å². The lowest BCUT2D eigenvalue weighted by molar-refractivity contribution is -0.141. The summed E-state index contributed by atoms with van der Waals surface area (Å²) in [6.07, 6.45) is 1.86. The van der Waals surface area contributed by atoms with Crippen LogP contribution in [-0.2, 0) is 32.6 Å². The number of sulfonamides is 1. The van der Waals surface area contributed by atoms with E-state index in [0.717, 1.165) is 22.9 Å². The average Bonchev–Trinajstić information content (AvgIpc) is 2.88. The molecule has 202 valence electrons. The molecule has 3 rings (SSSR count). The number of para-hydroxylation sites is 1. The Morgan fingerprint density at radius 3 is 2.24 bits per heavy atom. The summed E-state index contributed by atoms with van der Waals surface area (Å²) >= 11 is 6.19. The highest BCUT2D eigenvalue weighted by Gasteiger charge is 2.30. The van der Waals surface area contributed by atoms with Crippen molar-refractivity contribution in [2.75, 3.05) is 24.2 Å². The molecule has 0 saturated carbocycles. The third kappa shape index (κ3) is 8.07. The third-order valence-corrected chi connectivity index (χ3v) is 7.71. The summed E-state index contributed by atoms with van der Waals surface area (Å²) in [6.45, 7) is 2.19. The number of aryl methyl sites for hydroxylation is 1. The quantitative estimate of drug-likeness (QED) is 0.354. The highest BCUT2D eigenvalue weighted by Crippen LogP contribution is 2.23. The monoisotopic (exact) mass is 555 g/mol. The Bertz CT molecular complexity index is 1350. The molecule has 0 spiro atoms. The van der Waals surface area contributed by atoms with Crippen molar-refractivity contribution in [3.05, 3.63) is 101 Å². The Kier molecular flexibility index (Phi) is 10.3. The smallest absolute Gasteiger partial charge is 0.242 e. The van der Waals surface area contributed by atoms with Crippen molar-refractivity contribution in [1.29, 1.82) is 0 Å². The molecule has 0 bridgehead atoms. The Morgan fingerprint density at radius 2 is 1.61 bits per heavy atom. The van der Waals surface area contributed by atoms with Crippen LogP contribution in [0.3, 0.4) is 0 Å². The molecule has 0 radical (unpaired) electrons. The Labute approximate surface area is 230 Å². The van der Waals surface area contributed by atoms with Crippen molar-refractivity contribution < 1.29 is 18.0 Å². The zero-order chi connectivity index (χ0) is 27.7. The molecule has 0 aliphatic carbocycles. The van der Waals surface area contributed by atoms with Crippen LogP contribution < -0.4 is 9.62 Å². The molecule has 3 aromatic rings. The van der Waals surface area contributed by atoms with Gasteiger partial charge in [-0.15, -0.1) is 0 Å². The summed E-state index contributed by atoms with van der Waals surface area (Å²) in [7, 11) is -2.01. The van der Waals surface area contributed by atoms with Crippen molar-refractivity contribution in [2.45, 2.75) is 38.8 Å². The van der Waals surface area contributed by atoms with E-state index in [2.05, 4.69) is 5.32 Å². The topological polar surface area (TPSA) is 86.8 Å². The van der Waals surface area contributed by atoms with Crippen molar-refractivity contribution in [3.8, 4) is 0 Å². The van der Waals surface area contributed by atoms with Crippen molar-refractivity contribution in [1.82, 2.24) is 10.2 Å². The van der Waals surface area contributed by atoms with Crippen LogP contribution in [0.15, 0.2) is 78.9 Å². The molecule has 7 nitrogen and oxygen atoms in total. The number of anilines is 1. The zero-order valence-electron chi connectivity index (χ0n) is 21.9.